The van der Waals surface area contributed by atoms with E-state index in [4.69, 9.17) is 0 Å². The summed E-state index contributed by atoms with van der Waals surface area (Å²) in [5, 5.41) is 10.9. The van der Waals surface area contributed by atoms with Crippen LogP contribution in [0.5, 0.6) is 0 Å². The van der Waals surface area contributed by atoms with Crippen molar-refractivity contribution in [3.05, 3.63) is 34.9 Å². The molecule has 0 saturated heterocycles. The second-order valence-electron chi connectivity index (χ2n) is 9.21. The van der Waals surface area contributed by atoms with Gasteiger partial charge in [-0.15, -0.1) is 0 Å². The van der Waals surface area contributed by atoms with Crippen molar-refractivity contribution in [2.75, 3.05) is 0 Å². The quantitative estimate of drug-likeness (QED) is 0.722. The SMILES string of the molecule is CC1(C)CC2=C3C=C[C@@]4(C)[C@@H](CC[C@]4(C)O)[C@H]3CCC2=CC1=O. The Morgan fingerprint density at radius 1 is 1.17 bits per heavy atom. The molecule has 1 saturated carbocycles. The predicted molar refractivity (Wildman–Crippen MR) is 91.8 cm³/mol. The molecule has 4 atom stereocenters. The number of ketones is 1. The van der Waals surface area contributed by atoms with Crippen molar-refractivity contribution in [1.82, 2.24) is 0 Å². The Labute approximate surface area is 139 Å². The average molecular weight is 312 g/mol. The molecule has 0 spiro atoms. The lowest BCUT2D eigenvalue weighted by Gasteiger charge is -2.48. The number of aliphatic hydroxyl groups is 1. The van der Waals surface area contributed by atoms with E-state index < -0.39 is 5.60 Å². The predicted octanol–water partition coefficient (Wildman–Crippen LogP) is 4.36. The maximum Gasteiger partial charge on any atom is 0.161 e. The summed E-state index contributed by atoms with van der Waals surface area (Å²) < 4.78 is 0. The van der Waals surface area contributed by atoms with Crippen LogP contribution in [0.3, 0.4) is 0 Å². The highest BCUT2D eigenvalue weighted by Crippen LogP contribution is 2.61. The monoisotopic (exact) mass is 312 g/mol. The van der Waals surface area contributed by atoms with Crippen LogP contribution in [0, 0.1) is 22.7 Å². The second-order valence-corrected chi connectivity index (χ2v) is 9.21. The second kappa shape index (κ2) is 4.47. The summed E-state index contributed by atoms with van der Waals surface area (Å²) in [6.07, 6.45) is 11.5. The smallest absolute Gasteiger partial charge is 0.161 e. The normalized spacial score (nSPS) is 44.6. The van der Waals surface area contributed by atoms with Gasteiger partial charge in [0, 0.05) is 10.8 Å². The fourth-order valence-corrected chi connectivity index (χ4v) is 5.52. The fourth-order valence-electron chi connectivity index (χ4n) is 5.52. The van der Waals surface area contributed by atoms with Crippen LogP contribution in [-0.2, 0) is 4.79 Å². The zero-order valence-electron chi connectivity index (χ0n) is 14.8. The van der Waals surface area contributed by atoms with Gasteiger partial charge in [0.25, 0.3) is 0 Å². The van der Waals surface area contributed by atoms with Crippen molar-refractivity contribution >= 4 is 5.78 Å². The van der Waals surface area contributed by atoms with E-state index in [1.165, 1.54) is 16.7 Å². The van der Waals surface area contributed by atoms with Crippen molar-refractivity contribution in [2.45, 2.75) is 65.4 Å². The highest BCUT2D eigenvalue weighted by atomic mass is 16.3. The van der Waals surface area contributed by atoms with E-state index in [1.54, 1.807) is 0 Å². The first-order chi connectivity index (χ1) is 10.7. The van der Waals surface area contributed by atoms with Gasteiger partial charge in [0.15, 0.2) is 5.78 Å². The molecule has 1 fully saturated rings. The Morgan fingerprint density at radius 2 is 1.91 bits per heavy atom. The third kappa shape index (κ3) is 1.94. The van der Waals surface area contributed by atoms with E-state index in [-0.39, 0.29) is 16.6 Å². The van der Waals surface area contributed by atoms with Crippen LogP contribution in [0.15, 0.2) is 34.9 Å². The molecule has 0 bridgehead atoms. The van der Waals surface area contributed by atoms with Gasteiger partial charge in [-0.25, -0.2) is 0 Å². The molecular weight excluding hydrogens is 284 g/mol. The van der Waals surface area contributed by atoms with Gasteiger partial charge in [-0.3, -0.25) is 4.79 Å². The van der Waals surface area contributed by atoms with E-state index in [0.29, 0.717) is 11.8 Å². The Morgan fingerprint density at radius 3 is 2.65 bits per heavy atom. The molecule has 0 heterocycles. The molecule has 0 unspecified atom stereocenters. The molecule has 4 aliphatic carbocycles. The van der Waals surface area contributed by atoms with Crippen LogP contribution < -0.4 is 0 Å². The molecule has 124 valence electrons. The van der Waals surface area contributed by atoms with Gasteiger partial charge in [0.2, 0.25) is 0 Å². The first-order valence-corrected chi connectivity index (χ1v) is 9.06. The number of hydrogen-bond acceptors (Lipinski definition) is 2. The summed E-state index contributed by atoms with van der Waals surface area (Å²) in [4.78, 5) is 12.3. The zero-order valence-corrected chi connectivity index (χ0v) is 14.8. The molecule has 4 aliphatic rings. The van der Waals surface area contributed by atoms with Gasteiger partial charge >= 0.3 is 0 Å². The number of carbonyl (C=O) groups is 1. The third-order valence-electron chi connectivity index (χ3n) is 7.42. The molecule has 0 radical (unpaired) electrons. The van der Waals surface area contributed by atoms with Gasteiger partial charge in [-0.05, 0) is 73.7 Å². The lowest BCUT2D eigenvalue weighted by atomic mass is 9.57. The topological polar surface area (TPSA) is 37.3 Å². The summed E-state index contributed by atoms with van der Waals surface area (Å²) >= 11 is 0. The van der Waals surface area contributed by atoms with Crippen LogP contribution in [0.2, 0.25) is 0 Å². The first kappa shape index (κ1) is 15.4. The highest BCUT2D eigenvalue weighted by molar-refractivity contribution is 5.97. The standard InChI is InChI=1S/C21H28O2/c1-19(2)12-16-13(11-18(19)22)5-6-15-14(16)7-9-20(3)17(15)8-10-21(20,4)23/h7,9,11,15,17,23H,5-6,8,10,12H2,1-4H3/t15-,17-,20-,21-/m0/s1. The largest absolute Gasteiger partial charge is 0.389 e. The van der Waals surface area contributed by atoms with Crippen molar-refractivity contribution in [3.63, 3.8) is 0 Å². The fraction of sp³-hybridized carbons (Fsp3) is 0.667. The Balaban J connectivity index is 1.84. The molecule has 2 nitrogen and oxygen atoms in total. The molecule has 0 aliphatic heterocycles. The Kier molecular flexibility index (Phi) is 2.99. The number of carbonyl (C=O) groups excluding carboxylic acids is 1. The average Bonchev–Trinajstić information content (AvgIpc) is 2.70. The van der Waals surface area contributed by atoms with E-state index in [0.717, 1.165) is 32.1 Å². The summed E-state index contributed by atoms with van der Waals surface area (Å²) in [5.74, 6) is 1.37. The van der Waals surface area contributed by atoms with E-state index in [2.05, 4.69) is 32.9 Å². The Bertz CT molecular complexity index is 674. The van der Waals surface area contributed by atoms with Crippen LogP contribution >= 0.6 is 0 Å². The molecule has 0 aromatic rings. The number of allylic oxidation sites excluding steroid dienone is 5. The minimum atomic E-state index is -0.595. The van der Waals surface area contributed by atoms with Gasteiger partial charge in [0.1, 0.15) is 0 Å². The van der Waals surface area contributed by atoms with Crippen molar-refractivity contribution in [2.24, 2.45) is 22.7 Å². The molecule has 0 aromatic heterocycles. The minimum Gasteiger partial charge on any atom is -0.389 e. The summed E-state index contributed by atoms with van der Waals surface area (Å²) in [6.45, 7) is 8.38. The molecule has 1 N–H and O–H groups in total. The Hall–Kier alpha value is -1.15. The van der Waals surface area contributed by atoms with E-state index in [9.17, 15) is 9.90 Å². The number of rotatable bonds is 0. The maximum atomic E-state index is 12.3. The number of fused-ring (bicyclic) bond motifs is 4. The van der Waals surface area contributed by atoms with Crippen LogP contribution in [0.25, 0.3) is 0 Å². The minimum absolute atomic E-state index is 0.108. The van der Waals surface area contributed by atoms with Crippen LogP contribution in [0.1, 0.15) is 59.8 Å². The van der Waals surface area contributed by atoms with Gasteiger partial charge in [-0.2, -0.15) is 0 Å². The van der Waals surface area contributed by atoms with E-state index in [1.807, 2.05) is 13.0 Å². The molecule has 4 rings (SSSR count). The van der Waals surface area contributed by atoms with Crippen LogP contribution in [-0.4, -0.2) is 16.5 Å². The summed E-state index contributed by atoms with van der Waals surface area (Å²) in [7, 11) is 0. The summed E-state index contributed by atoms with van der Waals surface area (Å²) in [5.41, 5.74) is 3.19. The maximum absolute atomic E-state index is 12.3. The molecule has 0 amide bonds. The van der Waals surface area contributed by atoms with Crippen LogP contribution in [0.4, 0.5) is 0 Å². The number of hydrogen-bond donors (Lipinski definition) is 1. The molecule has 2 heteroatoms. The lowest BCUT2D eigenvalue weighted by Crippen LogP contribution is -2.45. The molecule has 0 aromatic carbocycles. The third-order valence-corrected chi connectivity index (χ3v) is 7.42. The van der Waals surface area contributed by atoms with Gasteiger partial charge in [0.05, 0.1) is 5.60 Å². The van der Waals surface area contributed by atoms with Crippen molar-refractivity contribution in [1.29, 1.82) is 0 Å². The molecular formula is C21H28O2. The molecule has 23 heavy (non-hydrogen) atoms. The summed E-state index contributed by atoms with van der Waals surface area (Å²) in [6, 6.07) is 0. The first-order valence-electron chi connectivity index (χ1n) is 9.06. The van der Waals surface area contributed by atoms with E-state index >= 15 is 0 Å². The van der Waals surface area contributed by atoms with Gasteiger partial charge < -0.3 is 5.11 Å². The highest BCUT2D eigenvalue weighted by Gasteiger charge is 2.57. The lowest BCUT2D eigenvalue weighted by molar-refractivity contribution is -0.122. The zero-order chi connectivity index (χ0) is 16.6. The van der Waals surface area contributed by atoms with Crippen molar-refractivity contribution in [3.8, 4) is 0 Å². The van der Waals surface area contributed by atoms with Crippen molar-refractivity contribution < 1.29 is 9.90 Å². The van der Waals surface area contributed by atoms with Gasteiger partial charge in [-0.1, -0.05) is 32.9 Å².